The first-order chi connectivity index (χ1) is 9.19. The SMILES string of the molecule is Cc1cc(NCCC#N)nc(-c2ccc(Br)cc2)n1. The number of anilines is 1. The Morgan fingerprint density at radius 2 is 2.00 bits per heavy atom. The summed E-state index contributed by atoms with van der Waals surface area (Å²) >= 11 is 3.41. The zero-order valence-electron chi connectivity index (χ0n) is 10.5. The highest BCUT2D eigenvalue weighted by Gasteiger charge is 2.04. The van der Waals surface area contributed by atoms with E-state index in [0.29, 0.717) is 18.8 Å². The highest BCUT2D eigenvalue weighted by molar-refractivity contribution is 9.10. The first-order valence-electron chi connectivity index (χ1n) is 5.91. The van der Waals surface area contributed by atoms with Crippen LogP contribution in [0.4, 0.5) is 5.82 Å². The van der Waals surface area contributed by atoms with Crippen molar-refractivity contribution in [3.05, 3.63) is 40.5 Å². The van der Waals surface area contributed by atoms with Gasteiger partial charge < -0.3 is 5.32 Å². The van der Waals surface area contributed by atoms with Crippen molar-refractivity contribution in [1.29, 1.82) is 5.26 Å². The maximum atomic E-state index is 8.53. The van der Waals surface area contributed by atoms with Crippen LogP contribution in [0.5, 0.6) is 0 Å². The van der Waals surface area contributed by atoms with Crippen molar-refractivity contribution in [2.24, 2.45) is 0 Å². The number of aromatic nitrogens is 2. The van der Waals surface area contributed by atoms with Crippen molar-refractivity contribution in [3.8, 4) is 17.5 Å². The van der Waals surface area contributed by atoms with Crippen molar-refractivity contribution in [1.82, 2.24) is 9.97 Å². The molecule has 96 valence electrons. The highest BCUT2D eigenvalue weighted by Crippen LogP contribution is 2.20. The van der Waals surface area contributed by atoms with E-state index in [4.69, 9.17) is 5.26 Å². The summed E-state index contributed by atoms with van der Waals surface area (Å²) in [5, 5.41) is 11.7. The normalized spacial score (nSPS) is 9.95. The topological polar surface area (TPSA) is 61.6 Å². The Labute approximate surface area is 120 Å². The molecular weight excluding hydrogens is 304 g/mol. The van der Waals surface area contributed by atoms with E-state index in [1.807, 2.05) is 37.3 Å². The van der Waals surface area contributed by atoms with Gasteiger partial charge in [-0.3, -0.25) is 0 Å². The lowest BCUT2D eigenvalue weighted by atomic mass is 10.2. The Morgan fingerprint density at radius 3 is 2.68 bits per heavy atom. The van der Waals surface area contributed by atoms with Crippen molar-refractivity contribution in [2.45, 2.75) is 13.3 Å². The molecule has 0 unspecified atom stereocenters. The lowest BCUT2D eigenvalue weighted by molar-refractivity contribution is 1.03. The molecule has 0 fully saturated rings. The fourth-order valence-electron chi connectivity index (χ4n) is 1.63. The van der Waals surface area contributed by atoms with E-state index in [1.54, 1.807) is 0 Å². The van der Waals surface area contributed by atoms with E-state index in [-0.39, 0.29) is 0 Å². The number of nitrogens with one attached hydrogen (secondary N) is 1. The lowest BCUT2D eigenvalue weighted by Gasteiger charge is -2.07. The smallest absolute Gasteiger partial charge is 0.161 e. The minimum Gasteiger partial charge on any atom is -0.369 e. The summed E-state index contributed by atoms with van der Waals surface area (Å²) < 4.78 is 1.02. The third kappa shape index (κ3) is 3.76. The van der Waals surface area contributed by atoms with E-state index in [2.05, 4.69) is 37.3 Å². The number of hydrogen-bond acceptors (Lipinski definition) is 4. The fraction of sp³-hybridized carbons (Fsp3) is 0.214. The van der Waals surface area contributed by atoms with Crippen LogP contribution in [0.3, 0.4) is 0 Å². The monoisotopic (exact) mass is 316 g/mol. The van der Waals surface area contributed by atoms with Crippen molar-refractivity contribution < 1.29 is 0 Å². The molecule has 2 rings (SSSR count). The van der Waals surface area contributed by atoms with Crippen LogP contribution in [0.1, 0.15) is 12.1 Å². The Kier molecular flexibility index (Phi) is 4.48. The van der Waals surface area contributed by atoms with Crippen molar-refractivity contribution >= 4 is 21.7 Å². The number of benzene rings is 1. The molecule has 1 heterocycles. The molecule has 5 heteroatoms. The van der Waals surface area contributed by atoms with Crippen LogP contribution < -0.4 is 5.32 Å². The number of nitrogens with zero attached hydrogens (tertiary/aromatic N) is 3. The first kappa shape index (κ1) is 13.5. The second kappa shape index (κ2) is 6.30. The molecule has 1 aromatic heterocycles. The standard InChI is InChI=1S/C14H13BrN4/c1-10-9-13(17-8-2-7-16)19-14(18-10)11-3-5-12(15)6-4-11/h3-6,9H,2,8H2,1H3,(H,17,18,19). The van der Waals surface area contributed by atoms with Gasteiger partial charge in [0.05, 0.1) is 12.5 Å². The molecule has 1 N–H and O–H groups in total. The molecule has 0 amide bonds. The van der Waals surface area contributed by atoms with E-state index < -0.39 is 0 Å². The third-order valence-electron chi connectivity index (χ3n) is 2.50. The summed E-state index contributed by atoms with van der Waals surface area (Å²) in [7, 11) is 0. The number of aryl methyl sites for hydroxylation is 1. The summed E-state index contributed by atoms with van der Waals surface area (Å²) in [4.78, 5) is 8.89. The molecule has 0 bridgehead atoms. The molecule has 0 saturated carbocycles. The second-order valence-corrected chi connectivity index (χ2v) is 4.98. The molecule has 0 aliphatic rings. The molecule has 0 aliphatic carbocycles. The molecule has 4 nitrogen and oxygen atoms in total. The quantitative estimate of drug-likeness (QED) is 0.876. The van der Waals surface area contributed by atoms with Gasteiger partial charge in [0.2, 0.25) is 0 Å². The van der Waals surface area contributed by atoms with Crippen LogP contribution in [-0.4, -0.2) is 16.5 Å². The number of rotatable bonds is 4. The molecule has 2 aromatic rings. The lowest BCUT2D eigenvalue weighted by Crippen LogP contribution is -2.04. The summed E-state index contributed by atoms with van der Waals surface area (Å²) in [6, 6.07) is 11.8. The Hall–Kier alpha value is -1.93. The van der Waals surface area contributed by atoms with Gasteiger partial charge in [-0.1, -0.05) is 28.1 Å². The van der Waals surface area contributed by atoms with E-state index in [9.17, 15) is 0 Å². The average molecular weight is 317 g/mol. The van der Waals surface area contributed by atoms with Gasteiger partial charge in [-0.05, 0) is 19.1 Å². The van der Waals surface area contributed by atoms with Gasteiger partial charge >= 0.3 is 0 Å². The highest BCUT2D eigenvalue weighted by atomic mass is 79.9. The van der Waals surface area contributed by atoms with Crippen LogP contribution in [-0.2, 0) is 0 Å². The molecular formula is C14H13BrN4. The molecule has 0 atom stereocenters. The Morgan fingerprint density at radius 1 is 1.26 bits per heavy atom. The summed E-state index contributed by atoms with van der Waals surface area (Å²) in [5.41, 5.74) is 1.86. The summed E-state index contributed by atoms with van der Waals surface area (Å²) in [5.74, 6) is 1.44. The molecule has 1 aromatic carbocycles. The number of halogens is 1. The number of nitriles is 1. The number of hydrogen-bond donors (Lipinski definition) is 1. The Balaban J connectivity index is 2.26. The van der Waals surface area contributed by atoms with Crippen LogP contribution in [0.15, 0.2) is 34.8 Å². The van der Waals surface area contributed by atoms with Gasteiger partial charge in [0, 0.05) is 28.3 Å². The third-order valence-corrected chi connectivity index (χ3v) is 3.03. The van der Waals surface area contributed by atoms with Crippen LogP contribution in [0, 0.1) is 18.3 Å². The Bertz CT molecular complexity index is 602. The van der Waals surface area contributed by atoms with E-state index >= 15 is 0 Å². The predicted molar refractivity (Wildman–Crippen MR) is 78.6 cm³/mol. The maximum absolute atomic E-state index is 8.53. The molecule has 0 saturated heterocycles. The summed E-state index contributed by atoms with van der Waals surface area (Å²) in [6.07, 6.45) is 0.455. The molecule has 0 spiro atoms. The van der Waals surface area contributed by atoms with Crippen LogP contribution >= 0.6 is 15.9 Å². The van der Waals surface area contributed by atoms with Crippen LogP contribution in [0.2, 0.25) is 0 Å². The minimum atomic E-state index is 0.455. The zero-order valence-corrected chi connectivity index (χ0v) is 12.1. The average Bonchev–Trinajstić information content (AvgIpc) is 2.39. The molecule has 0 aliphatic heterocycles. The van der Waals surface area contributed by atoms with Crippen molar-refractivity contribution in [2.75, 3.05) is 11.9 Å². The minimum absolute atomic E-state index is 0.455. The van der Waals surface area contributed by atoms with Gasteiger partial charge in [0.15, 0.2) is 5.82 Å². The van der Waals surface area contributed by atoms with Gasteiger partial charge in [0.25, 0.3) is 0 Å². The van der Waals surface area contributed by atoms with Crippen LogP contribution in [0.25, 0.3) is 11.4 Å². The van der Waals surface area contributed by atoms with Gasteiger partial charge in [0.1, 0.15) is 5.82 Å². The van der Waals surface area contributed by atoms with E-state index in [0.717, 1.165) is 21.5 Å². The zero-order chi connectivity index (χ0) is 13.7. The summed E-state index contributed by atoms with van der Waals surface area (Å²) in [6.45, 7) is 2.52. The van der Waals surface area contributed by atoms with E-state index in [1.165, 1.54) is 0 Å². The van der Waals surface area contributed by atoms with Gasteiger partial charge in [-0.2, -0.15) is 5.26 Å². The van der Waals surface area contributed by atoms with Crippen molar-refractivity contribution in [3.63, 3.8) is 0 Å². The fourth-order valence-corrected chi connectivity index (χ4v) is 1.90. The predicted octanol–water partition coefficient (Wildman–Crippen LogP) is 3.54. The first-order valence-corrected chi connectivity index (χ1v) is 6.71. The van der Waals surface area contributed by atoms with Gasteiger partial charge in [-0.15, -0.1) is 0 Å². The molecule has 0 radical (unpaired) electrons. The molecule has 19 heavy (non-hydrogen) atoms. The second-order valence-electron chi connectivity index (χ2n) is 4.06. The van der Waals surface area contributed by atoms with Gasteiger partial charge in [-0.25, -0.2) is 9.97 Å². The largest absolute Gasteiger partial charge is 0.369 e. The maximum Gasteiger partial charge on any atom is 0.161 e.